The van der Waals surface area contributed by atoms with Crippen molar-refractivity contribution < 1.29 is 14.3 Å². The second kappa shape index (κ2) is 8.16. The lowest BCUT2D eigenvalue weighted by atomic mass is 10.1. The highest BCUT2D eigenvalue weighted by atomic mass is 32.1. The SMILES string of the molecule is COC(=O)c1ccccc1NC(=O)c1sc2ncnc(N3CCCCC3)c2c1C. The van der Waals surface area contributed by atoms with Gasteiger partial charge in [-0.25, -0.2) is 14.8 Å². The number of aryl methyl sites for hydroxylation is 1. The number of hydrogen-bond donors (Lipinski definition) is 1. The lowest BCUT2D eigenvalue weighted by Crippen LogP contribution is -2.30. The monoisotopic (exact) mass is 410 g/mol. The summed E-state index contributed by atoms with van der Waals surface area (Å²) >= 11 is 1.34. The van der Waals surface area contributed by atoms with Crippen LogP contribution in [-0.2, 0) is 4.74 Å². The van der Waals surface area contributed by atoms with Gasteiger partial charge >= 0.3 is 5.97 Å². The van der Waals surface area contributed by atoms with E-state index in [0.29, 0.717) is 16.1 Å². The Balaban J connectivity index is 1.69. The van der Waals surface area contributed by atoms with Gasteiger partial charge in [0.2, 0.25) is 0 Å². The fraction of sp³-hybridized carbons (Fsp3) is 0.333. The van der Waals surface area contributed by atoms with Crippen molar-refractivity contribution >= 4 is 44.9 Å². The van der Waals surface area contributed by atoms with Crippen molar-refractivity contribution in [2.24, 2.45) is 0 Å². The van der Waals surface area contributed by atoms with E-state index in [2.05, 4.69) is 20.2 Å². The van der Waals surface area contributed by atoms with E-state index in [1.807, 2.05) is 6.92 Å². The van der Waals surface area contributed by atoms with Gasteiger partial charge in [-0.15, -0.1) is 11.3 Å². The molecule has 1 N–H and O–H groups in total. The number of rotatable bonds is 4. The van der Waals surface area contributed by atoms with Crippen LogP contribution >= 0.6 is 11.3 Å². The quantitative estimate of drug-likeness (QED) is 0.654. The molecule has 1 fully saturated rings. The lowest BCUT2D eigenvalue weighted by Gasteiger charge is -2.28. The Bertz CT molecular complexity index is 1070. The number of nitrogens with zero attached hydrogens (tertiary/aromatic N) is 3. The fourth-order valence-corrected chi connectivity index (χ4v) is 4.71. The second-order valence-electron chi connectivity index (χ2n) is 6.97. The van der Waals surface area contributed by atoms with Crippen LogP contribution in [0.1, 0.15) is 44.9 Å². The molecule has 8 heteroatoms. The van der Waals surface area contributed by atoms with Gasteiger partial charge < -0.3 is 15.0 Å². The molecule has 29 heavy (non-hydrogen) atoms. The maximum atomic E-state index is 13.0. The van der Waals surface area contributed by atoms with Crippen LogP contribution in [-0.4, -0.2) is 42.0 Å². The van der Waals surface area contributed by atoms with Gasteiger partial charge in [-0.05, 0) is 43.9 Å². The number of anilines is 2. The van der Waals surface area contributed by atoms with Gasteiger partial charge in [0.25, 0.3) is 5.91 Å². The predicted octanol–water partition coefficient (Wildman–Crippen LogP) is 4.03. The molecule has 0 unspecified atom stereocenters. The molecule has 0 spiro atoms. The Kier molecular flexibility index (Phi) is 5.44. The zero-order valence-corrected chi connectivity index (χ0v) is 17.2. The van der Waals surface area contributed by atoms with Crippen LogP contribution in [0.15, 0.2) is 30.6 Å². The molecule has 3 aromatic rings. The first kappa shape index (κ1) is 19.3. The Morgan fingerprint density at radius 1 is 1.14 bits per heavy atom. The summed E-state index contributed by atoms with van der Waals surface area (Å²) < 4.78 is 4.81. The molecule has 3 heterocycles. The van der Waals surface area contributed by atoms with Crippen molar-refractivity contribution in [3.8, 4) is 0 Å². The van der Waals surface area contributed by atoms with Gasteiger partial charge in [0.15, 0.2) is 0 Å². The summed E-state index contributed by atoms with van der Waals surface area (Å²) in [5, 5.41) is 3.79. The molecule has 0 atom stereocenters. The van der Waals surface area contributed by atoms with Crippen molar-refractivity contribution in [2.45, 2.75) is 26.2 Å². The predicted molar refractivity (Wildman–Crippen MR) is 114 cm³/mol. The molecule has 2 aromatic heterocycles. The van der Waals surface area contributed by atoms with E-state index in [1.54, 1.807) is 30.6 Å². The number of thiophene rings is 1. The average molecular weight is 410 g/mol. The van der Waals surface area contributed by atoms with Gasteiger partial charge in [0, 0.05) is 13.1 Å². The molecule has 0 aliphatic carbocycles. The first-order valence-electron chi connectivity index (χ1n) is 9.58. The van der Waals surface area contributed by atoms with Crippen LogP contribution in [0.4, 0.5) is 11.5 Å². The van der Waals surface area contributed by atoms with Gasteiger partial charge in [-0.3, -0.25) is 4.79 Å². The fourth-order valence-electron chi connectivity index (χ4n) is 3.67. The molecule has 1 aromatic carbocycles. The minimum Gasteiger partial charge on any atom is -0.465 e. The maximum Gasteiger partial charge on any atom is 0.339 e. The highest BCUT2D eigenvalue weighted by Gasteiger charge is 2.23. The number of carbonyl (C=O) groups is 2. The summed E-state index contributed by atoms with van der Waals surface area (Å²) in [6, 6.07) is 6.80. The van der Waals surface area contributed by atoms with E-state index < -0.39 is 5.97 Å². The van der Waals surface area contributed by atoms with Crippen LogP contribution in [0.3, 0.4) is 0 Å². The normalized spacial score (nSPS) is 14.1. The van der Waals surface area contributed by atoms with Crippen LogP contribution in [0.25, 0.3) is 10.2 Å². The summed E-state index contributed by atoms with van der Waals surface area (Å²) in [5.74, 6) is 0.135. The first-order chi connectivity index (χ1) is 14.1. The molecule has 0 radical (unpaired) electrons. The van der Waals surface area contributed by atoms with E-state index in [1.165, 1.54) is 24.9 Å². The van der Waals surface area contributed by atoms with Crippen molar-refractivity contribution in [3.63, 3.8) is 0 Å². The minimum absolute atomic E-state index is 0.272. The van der Waals surface area contributed by atoms with E-state index in [-0.39, 0.29) is 5.91 Å². The van der Waals surface area contributed by atoms with Gasteiger partial charge in [-0.1, -0.05) is 12.1 Å². The standard InChI is InChI=1S/C21H22N4O3S/c1-13-16-18(25-10-6-3-7-11-25)22-12-23-20(16)29-17(13)19(26)24-15-9-5-4-8-14(15)21(27)28-2/h4-5,8-9,12H,3,6-7,10-11H2,1-2H3,(H,24,26). The number of fused-ring (bicyclic) bond motifs is 1. The third kappa shape index (κ3) is 3.67. The molecular weight excluding hydrogens is 388 g/mol. The molecule has 7 nitrogen and oxygen atoms in total. The third-order valence-corrected chi connectivity index (χ3v) is 6.35. The highest BCUT2D eigenvalue weighted by molar-refractivity contribution is 7.20. The molecule has 1 saturated heterocycles. The molecule has 150 valence electrons. The van der Waals surface area contributed by atoms with Crippen LogP contribution in [0.5, 0.6) is 0 Å². The zero-order chi connectivity index (χ0) is 20.4. The summed E-state index contributed by atoms with van der Waals surface area (Å²) in [5.41, 5.74) is 1.60. The van der Waals surface area contributed by atoms with Gasteiger partial charge in [0.1, 0.15) is 17.0 Å². The van der Waals surface area contributed by atoms with E-state index in [4.69, 9.17) is 4.74 Å². The zero-order valence-electron chi connectivity index (χ0n) is 16.4. The number of carbonyl (C=O) groups excluding carboxylic acids is 2. The first-order valence-corrected chi connectivity index (χ1v) is 10.4. The number of piperidine rings is 1. The third-order valence-electron chi connectivity index (χ3n) is 5.15. The number of methoxy groups -OCH3 is 1. The molecule has 1 aliphatic heterocycles. The number of esters is 1. The van der Waals surface area contributed by atoms with Crippen LogP contribution < -0.4 is 10.2 Å². The average Bonchev–Trinajstić information content (AvgIpc) is 3.11. The number of ether oxygens (including phenoxy) is 1. The largest absolute Gasteiger partial charge is 0.465 e. The minimum atomic E-state index is -0.493. The molecule has 4 rings (SSSR count). The second-order valence-corrected chi connectivity index (χ2v) is 7.97. The topological polar surface area (TPSA) is 84.4 Å². The van der Waals surface area contributed by atoms with Crippen molar-refractivity contribution in [1.29, 1.82) is 0 Å². The van der Waals surface area contributed by atoms with E-state index in [9.17, 15) is 9.59 Å². The molecule has 0 saturated carbocycles. The van der Waals surface area contributed by atoms with Crippen molar-refractivity contribution in [1.82, 2.24) is 9.97 Å². The highest BCUT2D eigenvalue weighted by Crippen LogP contribution is 2.36. The summed E-state index contributed by atoms with van der Waals surface area (Å²) in [7, 11) is 1.32. The summed E-state index contributed by atoms with van der Waals surface area (Å²) in [6.07, 6.45) is 5.09. The Hall–Kier alpha value is -3.00. The maximum absolute atomic E-state index is 13.0. The number of para-hydroxylation sites is 1. The smallest absolute Gasteiger partial charge is 0.339 e. The molecule has 1 amide bonds. The van der Waals surface area contributed by atoms with Crippen LogP contribution in [0.2, 0.25) is 0 Å². The molecule has 0 bridgehead atoms. The number of nitrogens with one attached hydrogen (secondary N) is 1. The molecule has 1 aliphatic rings. The summed E-state index contributed by atoms with van der Waals surface area (Å²) in [6.45, 7) is 3.86. The number of benzene rings is 1. The number of amides is 1. The molecular formula is C21H22N4O3S. The summed E-state index contributed by atoms with van der Waals surface area (Å²) in [4.78, 5) is 37.6. The van der Waals surface area contributed by atoms with E-state index in [0.717, 1.165) is 47.5 Å². The number of hydrogen-bond acceptors (Lipinski definition) is 7. The van der Waals surface area contributed by atoms with E-state index >= 15 is 0 Å². The Morgan fingerprint density at radius 3 is 2.66 bits per heavy atom. The van der Waals surface area contributed by atoms with Crippen molar-refractivity contribution in [3.05, 3.63) is 46.6 Å². The Labute approximate surface area is 172 Å². The lowest BCUT2D eigenvalue weighted by molar-refractivity contribution is 0.0602. The van der Waals surface area contributed by atoms with Crippen LogP contribution in [0, 0.1) is 6.92 Å². The van der Waals surface area contributed by atoms with Gasteiger partial charge in [-0.2, -0.15) is 0 Å². The van der Waals surface area contributed by atoms with Crippen molar-refractivity contribution in [2.75, 3.05) is 30.4 Å². The Morgan fingerprint density at radius 2 is 1.90 bits per heavy atom. The number of aromatic nitrogens is 2. The van der Waals surface area contributed by atoms with Gasteiger partial charge in [0.05, 0.1) is 28.6 Å².